The Kier molecular flexibility index (Phi) is 6.53. The van der Waals surface area contributed by atoms with Crippen LogP contribution in [0.1, 0.15) is 11.1 Å². The number of hydrogen-bond donors (Lipinski definition) is 2. The first-order chi connectivity index (χ1) is 11.1. The molecular weight excluding hydrogens is 311 g/mol. The molecule has 0 heterocycles. The fraction of sp³-hybridized carbons (Fsp3) is 0.235. The summed E-state index contributed by atoms with van der Waals surface area (Å²) in [7, 11) is -2.30. The van der Waals surface area contributed by atoms with Crippen LogP contribution < -0.4 is 10.8 Å². The van der Waals surface area contributed by atoms with Gasteiger partial charge in [-0.15, -0.1) is 0 Å². The van der Waals surface area contributed by atoms with Gasteiger partial charge in [0.1, 0.15) is 0 Å². The lowest BCUT2D eigenvalue weighted by atomic mass is 10.1. The van der Waals surface area contributed by atoms with Crippen molar-refractivity contribution in [1.82, 2.24) is 10.2 Å². The standard InChI is InChI=1S/C17H21N2O3P/c1-14-7-5-6-10-16(14)23(22)19(13-17(20)18-21)12-11-15-8-3-2-4-9-15/h2-10,21,23H,11-13H2,1H3,(H,18,20). The lowest BCUT2D eigenvalue weighted by Crippen LogP contribution is -2.34. The molecule has 1 unspecified atom stereocenters. The van der Waals surface area contributed by atoms with Crippen LogP contribution in [0.4, 0.5) is 0 Å². The van der Waals surface area contributed by atoms with Gasteiger partial charge >= 0.3 is 0 Å². The second kappa shape index (κ2) is 8.63. The monoisotopic (exact) mass is 332 g/mol. The Morgan fingerprint density at radius 2 is 1.78 bits per heavy atom. The average molecular weight is 332 g/mol. The van der Waals surface area contributed by atoms with Crippen LogP contribution in [0.25, 0.3) is 0 Å². The normalized spacial score (nSPS) is 12.1. The van der Waals surface area contributed by atoms with Gasteiger partial charge in [0.15, 0.2) is 7.95 Å². The summed E-state index contributed by atoms with van der Waals surface area (Å²) in [5.41, 5.74) is 3.66. The summed E-state index contributed by atoms with van der Waals surface area (Å²) in [6.07, 6.45) is 0.682. The highest BCUT2D eigenvalue weighted by atomic mass is 31.1. The second-order valence-corrected chi connectivity index (χ2v) is 7.09. The Balaban J connectivity index is 2.15. The van der Waals surface area contributed by atoms with E-state index in [0.29, 0.717) is 13.0 Å². The maximum absolute atomic E-state index is 12.9. The van der Waals surface area contributed by atoms with E-state index in [9.17, 15) is 9.36 Å². The van der Waals surface area contributed by atoms with Crippen molar-refractivity contribution >= 4 is 19.2 Å². The number of hydrogen-bond acceptors (Lipinski definition) is 3. The summed E-state index contributed by atoms with van der Waals surface area (Å²) in [4.78, 5) is 11.5. The number of nitrogens with zero attached hydrogens (tertiary/aromatic N) is 1. The molecule has 0 bridgehead atoms. The van der Waals surface area contributed by atoms with Gasteiger partial charge in [-0.05, 0) is 24.5 Å². The minimum atomic E-state index is -2.30. The maximum Gasteiger partial charge on any atom is 0.257 e. The van der Waals surface area contributed by atoms with E-state index in [2.05, 4.69) is 0 Å². The highest BCUT2D eigenvalue weighted by Gasteiger charge is 2.19. The lowest BCUT2D eigenvalue weighted by Gasteiger charge is -2.22. The summed E-state index contributed by atoms with van der Waals surface area (Å²) >= 11 is 0. The molecule has 6 heteroatoms. The summed E-state index contributed by atoms with van der Waals surface area (Å²) in [6.45, 7) is 2.28. The molecule has 1 amide bonds. The van der Waals surface area contributed by atoms with Crippen molar-refractivity contribution in [3.63, 3.8) is 0 Å². The zero-order chi connectivity index (χ0) is 16.7. The molecule has 0 saturated heterocycles. The Morgan fingerprint density at radius 3 is 2.43 bits per heavy atom. The smallest absolute Gasteiger partial charge is 0.257 e. The first-order valence-corrected chi connectivity index (χ1v) is 8.79. The molecule has 0 aliphatic rings. The van der Waals surface area contributed by atoms with E-state index in [-0.39, 0.29) is 6.54 Å². The third-order valence-electron chi connectivity index (χ3n) is 3.64. The number of carbonyl (C=O) groups excluding carboxylic acids is 1. The fourth-order valence-corrected chi connectivity index (χ4v) is 3.96. The van der Waals surface area contributed by atoms with Crippen molar-refractivity contribution < 1.29 is 14.6 Å². The van der Waals surface area contributed by atoms with Crippen molar-refractivity contribution in [2.45, 2.75) is 13.3 Å². The maximum atomic E-state index is 12.9. The molecule has 23 heavy (non-hydrogen) atoms. The predicted octanol–water partition coefficient (Wildman–Crippen LogP) is 2.15. The molecule has 0 spiro atoms. The number of aryl methyl sites for hydroxylation is 1. The summed E-state index contributed by atoms with van der Waals surface area (Å²) in [6, 6.07) is 17.3. The molecule has 122 valence electrons. The second-order valence-electron chi connectivity index (χ2n) is 5.31. The molecule has 0 radical (unpaired) electrons. The van der Waals surface area contributed by atoms with E-state index in [1.807, 2.05) is 61.5 Å². The van der Waals surface area contributed by atoms with Gasteiger partial charge in [0, 0.05) is 11.8 Å². The third-order valence-corrected chi connectivity index (χ3v) is 5.61. The van der Waals surface area contributed by atoms with Crippen molar-refractivity contribution in [2.24, 2.45) is 0 Å². The molecule has 5 nitrogen and oxygen atoms in total. The SMILES string of the molecule is Cc1ccccc1[PH](=O)N(CCc1ccccc1)CC(=O)NO. The van der Waals surface area contributed by atoms with Gasteiger partial charge in [0.25, 0.3) is 5.91 Å². The number of rotatable bonds is 7. The Morgan fingerprint density at radius 1 is 1.13 bits per heavy atom. The van der Waals surface area contributed by atoms with Gasteiger partial charge in [0.05, 0.1) is 6.54 Å². The van der Waals surface area contributed by atoms with Crippen LogP contribution in [0.15, 0.2) is 54.6 Å². The molecule has 0 aliphatic heterocycles. The quantitative estimate of drug-likeness (QED) is 0.463. The van der Waals surface area contributed by atoms with E-state index in [4.69, 9.17) is 5.21 Å². The van der Waals surface area contributed by atoms with E-state index in [1.54, 1.807) is 10.2 Å². The fourth-order valence-electron chi connectivity index (χ4n) is 2.35. The molecule has 0 aromatic heterocycles. The van der Waals surface area contributed by atoms with Gasteiger partial charge in [-0.3, -0.25) is 10.0 Å². The van der Waals surface area contributed by atoms with Gasteiger partial charge in [-0.25, -0.2) is 10.2 Å². The van der Waals surface area contributed by atoms with Gasteiger partial charge in [-0.2, -0.15) is 0 Å². The Hall–Kier alpha value is -1.94. The molecule has 2 rings (SSSR count). The van der Waals surface area contributed by atoms with E-state index in [1.165, 1.54) is 0 Å². The summed E-state index contributed by atoms with van der Waals surface area (Å²) in [5, 5.41) is 9.51. The minimum absolute atomic E-state index is 0.102. The number of amides is 1. The Bertz CT molecular complexity index is 677. The van der Waals surface area contributed by atoms with Gasteiger partial charge < -0.3 is 4.57 Å². The van der Waals surface area contributed by atoms with E-state index >= 15 is 0 Å². The highest BCUT2D eigenvalue weighted by molar-refractivity contribution is 7.51. The molecule has 0 fully saturated rings. The number of hydroxylamine groups is 1. The zero-order valence-corrected chi connectivity index (χ0v) is 14.0. The minimum Gasteiger partial charge on any atom is -0.305 e. The number of benzene rings is 2. The van der Waals surface area contributed by atoms with Crippen LogP contribution in [0.3, 0.4) is 0 Å². The van der Waals surface area contributed by atoms with Crippen LogP contribution in [0.2, 0.25) is 0 Å². The first kappa shape index (κ1) is 17.4. The highest BCUT2D eigenvalue weighted by Crippen LogP contribution is 2.27. The van der Waals surface area contributed by atoms with Crippen molar-refractivity contribution in [2.75, 3.05) is 13.1 Å². The largest absolute Gasteiger partial charge is 0.305 e. The van der Waals surface area contributed by atoms with Crippen molar-refractivity contribution in [3.05, 3.63) is 65.7 Å². The number of carbonyl (C=O) groups is 1. The zero-order valence-electron chi connectivity index (χ0n) is 13.0. The third kappa shape index (κ3) is 5.03. The van der Waals surface area contributed by atoms with Crippen molar-refractivity contribution in [1.29, 1.82) is 0 Å². The topological polar surface area (TPSA) is 69.6 Å². The molecule has 0 saturated carbocycles. The lowest BCUT2D eigenvalue weighted by molar-refractivity contribution is -0.129. The number of nitrogens with one attached hydrogen (secondary N) is 1. The molecule has 1 atom stereocenters. The van der Waals surface area contributed by atoms with E-state index in [0.717, 1.165) is 16.4 Å². The van der Waals surface area contributed by atoms with Crippen LogP contribution in [0.5, 0.6) is 0 Å². The van der Waals surface area contributed by atoms with Crippen LogP contribution in [-0.2, 0) is 15.8 Å². The van der Waals surface area contributed by atoms with Crippen molar-refractivity contribution in [3.8, 4) is 0 Å². The van der Waals surface area contributed by atoms with Crippen LogP contribution >= 0.6 is 7.95 Å². The molecule has 2 N–H and O–H groups in total. The summed E-state index contributed by atoms with van der Waals surface area (Å²) < 4.78 is 14.5. The Labute approximate surface area is 136 Å². The molecule has 2 aromatic rings. The first-order valence-electron chi connectivity index (χ1n) is 7.43. The molecular formula is C17H21N2O3P. The summed E-state index contributed by atoms with van der Waals surface area (Å²) in [5.74, 6) is -0.565. The predicted molar refractivity (Wildman–Crippen MR) is 91.5 cm³/mol. The molecule has 2 aromatic carbocycles. The van der Waals surface area contributed by atoms with Crippen LogP contribution in [0, 0.1) is 6.92 Å². The molecule has 0 aliphatic carbocycles. The van der Waals surface area contributed by atoms with Gasteiger partial charge in [0.2, 0.25) is 0 Å². The van der Waals surface area contributed by atoms with Crippen LogP contribution in [-0.4, -0.2) is 28.9 Å². The average Bonchev–Trinajstić information content (AvgIpc) is 2.59. The van der Waals surface area contributed by atoms with Gasteiger partial charge in [-0.1, -0.05) is 54.6 Å². The van der Waals surface area contributed by atoms with E-state index < -0.39 is 13.9 Å².